The Hall–Kier alpha value is -1.86. The summed E-state index contributed by atoms with van der Waals surface area (Å²) in [5.41, 5.74) is -2.12. The Morgan fingerprint density at radius 1 is 1.25 bits per heavy atom. The molecule has 4 atom stereocenters. The van der Waals surface area contributed by atoms with Gasteiger partial charge in [0.1, 0.15) is 0 Å². The molecule has 2 bridgehead atoms. The van der Waals surface area contributed by atoms with Crippen LogP contribution < -0.4 is 4.90 Å². The van der Waals surface area contributed by atoms with E-state index in [1.165, 1.54) is 0 Å². The molecule has 0 N–H and O–H groups in total. The lowest BCUT2D eigenvalue weighted by atomic mass is 9.78. The average molecular weight is 358 g/mol. The maximum atomic E-state index is 12.9. The molecule has 126 valence electrons. The minimum absolute atomic E-state index is 0.0870. The Bertz CT molecular complexity index is 806. The van der Waals surface area contributed by atoms with Crippen LogP contribution in [0.4, 0.5) is 18.9 Å². The number of ether oxygens (including phenoxy) is 1. The van der Waals surface area contributed by atoms with Gasteiger partial charge in [-0.05, 0) is 25.1 Å². The fourth-order valence-corrected chi connectivity index (χ4v) is 3.95. The summed E-state index contributed by atoms with van der Waals surface area (Å²) in [5.74, 6) is -2.63. The van der Waals surface area contributed by atoms with E-state index in [-0.39, 0.29) is 10.7 Å². The maximum Gasteiger partial charge on any atom is 0.416 e. The molecule has 3 heterocycles. The number of alkyl halides is 3. The molecule has 4 rings (SSSR count). The molecule has 1 aromatic rings. The monoisotopic (exact) mass is 357 g/mol. The summed E-state index contributed by atoms with van der Waals surface area (Å²) in [5, 5.41) is -0.0870. The van der Waals surface area contributed by atoms with Gasteiger partial charge in [0.15, 0.2) is 0 Å². The SMILES string of the molecule is C[C@]12C=C[C@@H](O1)[C@@H]1C(=O)N(c3cc(C(F)(F)F)ccc3Cl)C(=O)[C@@H]12. The molecule has 8 heteroatoms. The van der Waals surface area contributed by atoms with Crippen molar-refractivity contribution in [2.75, 3.05) is 4.90 Å². The van der Waals surface area contributed by atoms with Crippen molar-refractivity contribution in [3.63, 3.8) is 0 Å². The maximum absolute atomic E-state index is 12.9. The molecule has 24 heavy (non-hydrogen) atoms. The van der Waals surface area contributed by atoms with Gasteiger partial charge in [0, 0.05) is 0 Å². The lowest BCUT2D eigenvalue weighted by Gasteiger charge is -2.24. The first-order valence-corrected chi connectivity index (χ1v) is 7.63. The van der Waals surface area contributed by atoms with E-state index in [9.17, 15) is 22.8 Å². The van der Waals surface area contributed by atoms with Crippen LogP contribution in [0.2, 0.25) is 5.02 Å². The average Bonchev–Trinajstić information content (AvgIpc) is 3.08. The van der Waals surface area contributed by atoms with Crippen molar-refractivity contribution in [1.82, 2.24) is 0 Å². The third kappa shape index (κ3) is 1.91. The lowest BCUT2D eigenvalue weighted by molar-refractivity contribution is -0.137. The van der Waals surface area contributed by atoms with E-state index in [0.29, 0.717) is 0 Å². The summed E-state index contributed by atoms with van der Waals surface area (Å²) < 4.78 is 44.5. The fraction of sp³-hybridized carbons (Fsp3) is 0.375. The molecule has 0 aromatic heterocycles. The summed E-state index contributed by atoms with van der Waals surface area (Å²) in [6.45, 7) is 1.69. The number of hydrogen-bond donors (Lipinski definition) is 0. The number of carbonyl (C=O) groups is 2. The second kappa shape index (κ2) is 4.61. The molecule has 2 fully saturated rings. The highest BCUT2D eigenvalue weighted by atomic mass is 35.5. The number of halogens is 4. The number of benzene rings is 1. The molecule has 0 saturated carbocycles. The van der Waals surface area contributed by atoms with E-state index < -0.39 is 47.1 Å². The van der Waals surface area contributed by atoms with Crippen molar-refractivity contribution in [2.45, 2.75) is 24.8 Å². The van der Waals surface area contributed by atoms with Crippen molar-refractivity contribution in [1.29, 1.82) is 0 Å². The van der Waals surface area contributed by atoms with Crippen molar-refractivity contribution in [3.8, 4) is 0 Å². The van der Waals surface area contributed by atoms with Crippen LogP contribution in [0.25, 0.3) is 0 Å². The Balaban J connectivity index is 1.80. The van der Waals surface area contributed by atoms with E-state index in [2.05, 4.69) is 0 Å². The van der Waals surface area contributed by atoms with Crippen LogP contribution >= 0.6 is 11.6 Å². The molecule has 3 aliphatic rings. The Kier molecular flexibility index (Phi) is 3.01. The zero-order chi connectivity index (χ0) is 17.4. The lowest BCUT2D eigenvalue weighted by Crippen LogP contribution is -2.38. The number of imide groups is 1. The number of hydrogen-bond acceptors (Lipinski definition) is 3. The van der Waals surface area contributed by atoms with Crippen LogP contribution in [0.15, 0.2) is 30.4 Å². The summed E-state index contributed by atoms with van der Waals surface area (Å²) in [4.78, 5) is 26.2. The highest BCUT2D eigenvalue weighted by Crippen LogP contribution is 2.53. The van der Waals surface area contributed by atoms with E-state index in [4.69, 9.17) is 16.3 Å². The van der Waals surface area contributed by atoms with Crippen LogP contribution in [-0.4, -0.2) is 23.5 Å². The summed E-state index contributed by atoms with van der Waals surface area (Å²) >= 11 is 5.98. The smallest absolute Gasteiger partial charge is 0.362 e. The molecule has 0 radical (unpaired) electrons. The molecule has 2 amide bonds. The van der Waals surface area contributed by atoms with E-state index >= 15 is 0 Å². The first-order chi connectivity index (χ1) is 11.1. The zero-order valence-electron chi connectivity index (χ0n) is 12.3. The highest BCUT2D eigenvalue weighted by molar-refractivity contribution is 6.36. The normalized spacial score (nSPS) is 34.4. The standard InChI is InChI=1S/C16H11ClF3NO3/c1-15-5-4-10(24-15)11-12(15)14(23)21(13(11)22)9-6-7(16(18,19)20)2-3-8(9)17/h2-6,10-12H,1H3/t10-,11+,12-,15-/m1/s1. The second-order valence-corrected chi connectivity index (χ2v) is 6.71. The predicted octanol–water partition coefficient (Wildman–Crippen LogP) is 3.19. The van der Waals surface area contributed by atoms with Gasteiger partial charge in [-0.1, -0.05) is 23.8 Å². The van der Waals surface area contributed by atoms with Gasteiger partial charge in [-0.2, -0.15) is 13.2 Å². The molecule has 0 unspecified atom stereocenters. The van der Waals surface area contributed by atoms with Crippen molar-refractivity contribution >= 4 is 29.1 Å². The minimum Gasteiger partial charge on any atom is -0.362 e. The van der Waals surface area contributed by atoms with Gasteiger partial charge in [-0.15, -0.1) is 0 Å². The first-order valence-electron chi connectivity index (χ1n) is 7.25. The van der Waals surface area contributed by atoms with Crippen LogP contribution in [0, 0.1) is 11.8 Å². The van der Waals surface area contributed by atoms with Gasteiger partial charge in [-0.25, -0.2) is 4.90 Å². The zero-order valence-corrected chi connectivity index (χ0v) is 13.1. The van der Waals surface area contributed by atoms with Crippen molar-refractivity contribution < 1.29 is 27.5 Å². The third-order valence-corrected chi connectivity index (χ3v) is 5.16. The summed E-state index contributed by atoms with van der Waals surface area (Å²) in [6, 6.07) is 2.59. The van der Waals surface area contributed by atoms with Crippen LogP contribution in [0.5, 0.6) is 0 Å². The van der Waals surface area contributed by atoms with Crippen LogP contribution in [0.3, 0.4) is 0 Å². The predicted molar refractivity (Wildman–Crippen MR) is 78.3 cm³/mol. The number of nitrogens with zero attached hydrogens (tertiary/aromatic N) is 1. The van der Waals surface area contributed by atoms with E-state index in [1.54, 1.807) is 19.1 Å². The molecule has 3 aliphatic heterocycles. The molecule has 2 saturated heterocycles. The number of amides is 2. The first kappa shape index (κ1) is 15.7. The van der Waals surface area contributed by atoms with Crippen LogP contribution in [-0.2, 0) is 20.5 Å². The largest absolute Gasteiger partial charge is 0.416 e. The van der Waals surface area contributed by atoms with Gasteiger partial charge in [0.05, 0.1) is 39.8 Å². The number of anilines is 1. The molecular weight excluding hydrogens is 347 g/mol. The Labute approximate surface area is 139 Å². The topological polar surface area (TPSA) is 46.6 Å². The molecule has 4 nitrogen and oxygen atoms in total. The molecular formula is C16H11ClF3NO3. The highest BCUT2D eigenvalue weighted by Gasteiger charge is 2.66. The third-order valence-electron chi connectivity index (χ3n) is 4.84. The van der Waals surface area contributed by atoms with Crippen molar-refractivity contribution in [3.05, 3.63) is 40.9 Å². The summed E-state index contributed by atoms with van der Waals surface area (Å²) in [6.07, 6.45) is -1.70. The van der Waals surface area contributed by atoms with E-state index in [1.807, 2.05) is 0 Å². The van der Waals surface area contributed by atoms with Gasteiger partial charge in [0.2, 0.25) is 11.8 Å². The van der Waals surface area contributed by atoms with Gasteiger partial charge < -0.3 is 4.74 Å². The van der Waals surface area contributed by atoms with Gasteiger partial charge in [-0.3, -0.25) is 9.59 Å². The van der Waals surface area contributed by atoms with E-state index in [0.717, 1.165) is 23.1 Å². The molecule has 0 spiro atoms. The number of carbonyl (C=O) groups excluding carboxylic acids is 2. The fourth-order valence-electron chi connectivity index (χ4n) is 3.75. The number of rotatable bonds is 1. The Morgan fingerprint density at radius 3 is 2.58 bits per heavy atom. The minimum atomic E-state index is -4.60. The second-order valence-electron chi connectivity index (χ2n) is 6.30. The summed E-state index contributed by atoms with van der Waals surface area (Å²) in [7, 11) is 0. The van der Waals surface area contributed by atoms with Gasteiger partial charge >= 0.3 is 6.18 Å². The van der Waals surface area contributed by atoms with Crippen LogP contribution in [0.1, 0.15) is 12.5 Å². The quantitative estimate of drug-likeness (QED) is 0.573. The molecule has 0 aliphatic carbocycles. The van der Waals surface area contributed by atoms with Crippen molar-refractivity contribution in [2.24, 2.45) is 11.8 Å². The Morgan fingerprint density at radius 2 is 1.96 bits per heavy atom. The van der Waals surface area contributed by atoms with Gasteiger partial charge in [0.25, 0.3) is 0 Å². The molecule has 1 aromatic carbocycles. The number of fused-ring (bicyclic) bond motifs is 5.